The molecule has 11 nitrogen and oxygen atoms in total. The van der Waals surface area contributed by atoms with Crippen LogP contribution >= 0.6 is 0 Å². The molecule has 2 aromatic heterocycles. The second-order valence-electron chi connectivity index (χ2n) is 8.56. The van der Waals surface area contributed by atoms with Crippen LogP contribution in [0.4, 0.5) is 4.79 Å². The van der Waals surface area contributed by atoms with Crippen LogP contribution in [0.15, 0.2) is 65.5 Å². The van der Waals surface area contributed by atoms with Gasteiger partial charge in [0.25, 0.3) is 5.91 Å². The molecule has 3 rings (SSSR count). The van der Waals surface area contributed by atoms with Crippen LogP contribution in [0.1, 0.15) is 53.2 Å². The van der Waals surface area contributed by atoms with E-state index in [2.05, 4.69) is 25.9 Å². The standard InChI is InChI=1S/C26H31N5O6/c32-22(8-4-5-13-28-25(34)35)30-18-26(36,12-9-19-6-2-1-3-7-19)24-31-21(17-37-24)23(33)29-16-20-10-14-27-15-11-20/h1-3,6-7,10-11,14-15,17,28,36H,4-5,8-9,12-13,16,18H2,(H,29,33)(H,30,32)(H,34,35). The lowest BCUT2D eigenvalue weighted by Crippen LogP contribution is -2.41. The Hall–Kier alpha value is -4.25. The molecule has 0 aliphatic carbocycles. The molecule has 0 fully saturated rings. The van der Waals surface area contributed by atoms with Gasteiger partial charge in [-0.1, -0.05) is 30.3 Å². The van der Waals surface area contributed by atoms with Gasteiger partial charge < -0.3 is 30.6 Å². The number of nitrogens with one attached hydrogen (secondary N) is 3. The number of hydrogen-bond acceptors (Lipinski definition) is 7. The number of aliphatic hydroxyl groups is 1. The number of nitrogens with zero attached hydrogens (tertiary/aromatic N) is 2. The summed E-state index contributed by atoms with van der Waals surface area (Å²) in [6, 6.07) is 13.1. The van der Waals surface area contributed by atoms with E-state index in [9.17, 15) is 19.5 Å². The Kier molecular flexibility index (Phi) is 10.1. The summed E-state index contributed by atoms with van der Waals surface area (Å²) in [7, 11) is 0. The molecule has 1 aromatic carbocycles. The number of aromatic nitrogens is 2. The summed E-state index contributed by atoms with van der Waals surface area (Å²) in [6.07, 6.45) is 5.17. The van der Waals surface area contributed by atoms with E-state index in [1.165, 1.54) is 6.26 Å². The highest BCUT2D eigenvalue weighted by molar-refractivity contribution is 5.91. The Morgan fingerprint density at radius 2 is 1.70 bits per heavy atom. The average Bonchev–Trinajstić information content (AvgIpc) is 3.42. The van der Waals surface area contributed by atoms with Gasteiger partial charge in [-0.05, 0) is 48.9 Å². The van der Waals surface area contributed by atoms with Gasteiger partial charge in [0.05, 0.1) is 6.54 Å². The molecule has 1 unspecified atom stereocenters. The molecule has 37 heavy (non-hydrogen) atoms. The lowest BCUT2D eigenvalue weighted by atomic mass is 9.94. The number of hydrogen-bond donors (Lipinski definition) is 5. The summed E-state index contributed by atoms with van der Waals surface area (Å²) < 4.78 is 5.51. The number of oxazole rings is 1. The van der Waals surface area contributed by atoms with Crippen molar-refractivity contribution in [2.24, 2.45) is 0 Å². The van der Waals surface area contributed by atoms with Crippen molar-refractivity contribution in [1.82, 2.24) is 25.9 Å². The maximum absolute atomic E-state index is 12.6. The highest BCUT2D eigenvalue weighted by Crippen LogP contribution is 2.26. The predicted octanol–water partition coefficient (Wildman–Crippen LogP) is 2.37. The van der Waals surface area contributed by atoms with Gasteiger partial charge in [-0.15, -0.1) is 0 Å². The van der Waals surface area contributed by atoms with Gasteiger partial charge in [0.1, 0.15) is 6.26 Å². The first-order valence-electron chi connectivity index (χ1n) is 12.0. The van der Waals surface area contributed by atoms with Gasteiger partial charge in [-0.25, -0.2) is 9.78 Å². The molecular formula is C26H31N5O6. The summed E-state index contributed by atoms with van der Waals surface area (Å²) in [6.45, 7) is 0.371. The smallest absolute Gasteiger partial charge is 0.404 e. The molecule has 2 heterocycles. The van der Waals surface area contributed by atoms with Gasteiger partial charge in [-0.3, -0.25) is 14.6 Å². The first kappa shape index (κ1) is 27.3. The van der Waals surface area contributed by atoms with E-state index in [4.69, 9.17) is 9.52 Å². The zero-order valence-corrected chi connectivity index (χ0v) is 20.4. The van der Waals surface area contributed by atoms with Crippen molar-refractivity contribution in [3.05, 3.63) is 83.8 Å². The van der Waals surface area contributed by atoms with Crippen molar-refractivity contribution in [1.29, 1.82) is 0 Å². The molecule has 0 saturated heterocycles. The number of aryl methyl sites for hydroxylation is 1. The van der Waals surface area contributed by atoms with Gasteiger partial charge in [0.2, 0.25) is 11.8 Å². The first-order valence-corrected chi connectivity index (χ1v) is 12.0. The van der Waals surface area contributed by atoms with Crippen LogP contribution < -0.4 is 16.0 Å². The molecule has 1 atom stereocenters. The third-order valence-corrected chi connectivity index (χ3v) is 5.69. The van der Waals surface area contributed by atoms with Gasteiger partial charge in [0, 0.05) is 31.9 Å². The number of benzene rings is 1. The van der Waals surface area contributed by atoms with Gasteiger partial charge in [-0.2, -0.15) is 0 Å². The molecule has 3 amide bonds. The molecule has 11 heteroatoms. The number of rotatable bonds is 14. The highest BCUT2D eigenvalue weighted by Gasteiger charge is 2.35. The van der Waals surface area contributed by atoms with Crippen molar-refractivity contribution in [2.45, 2.75) is 44.2 Å². The number of unbranched alkanes of at least 4 members (excludes halogenated alkanes) is 1. The topological polar surface area (TPSA) is 167 Å². The Morgan fingerprint density at radius 3 is 2.43 bits per heavy atom. The van der Waals surface area contributed by atoms with Crippen molar-refractivity contribution in [2.75, 3.05) is 13.1 Å². The van der Waals surface area contributed by atoms with E-state index in [1.54, 1.807) is 24.5 Å². The lowest BCUT2D eigenvalue weighted by Gasteiger charge is -2.25. The molecule has 3 aromatic rings. The van der Waals surface area contributed by atoms with E-state index in [0.29, 0.717) is 19.3 Å². The van der Waals surface area contributed by atoms with E-state index in [-0.39, 0.29) is 50.0 Å². The molecule has 0 bridgehead atoms. The molecule has 196 valence electrons. The second kappa shape index (κ2) is 13.7. The minimum absolute atomic E-state index is 0.0134. The Bertz CT molecular complexity index is 1150. The van der Waals surface area contributed by atoms with E-state index in [1.807, 2.05) is 30.3 Å². The minimum Gasteiger partial charge on any atom is -0.465 e. The highest BCUT2D eigenvalue weighted by atomic mass is 16.4. The third-order valence-electron chi connectivity index (χ3n) is 5.69. The zero-order valence-electron chi connectivity index (χ0n) is 20.4. The third kappa shape index (κ3) is 9.04. The number of carbonyl (C=O) groups is 3. The van der Waals surface area contributed by atoms with Crippen LogP contribution in [0.3, 0.4) is 0 Å². The normalized spacial score (nSPS) is 12.4. The molecule has 0 aliphatic rings. The minimum atomic E-state index is -1.65. The quantitative estimate of drug-likeness (QED) is 0.207. The average molecular weight is 510 g/mol. The molecule has 5 N–H and O–H groups in total. The number of carbonyl (C=O) groups excluding carboxylic acids is 2. The Labute approximate surface area is 214 Å². The first-order chi connectivity index (χ1) is 17.9. The van der Waals surface area contributed by atoms with Crippen LogP contribution in [-0.2, 0) is 23.4 Å². The molecule has 0 aliphatic heterocycles. The predicted molar refractivity (Wildman–Crippen MR) is 133 cm³/mol. The molecule has 0 saturated carbocycles. The van der Waals surface area contributed by atoms with Crippen molar-refractivity contribution in [3.8, 4) is 0 Å². The molecular weight excluding hydrogens is 478 g/mol. The monoisotopic (exact) mass is 509 g/mol. The van der Waals surface area contributed by atoms with Crippen LogP contribution in [0.5, 0.6) is 0 Å². The Balaban J connectivity index is 1.62. The van der Waals surface area contributed by atoms with Gasteiger partial charge in [0.15, 0.2) is 11.3 Å². The van der Waals surface area contributed by atoms with E-state index >= 15 is 0 Å². The maximum atomic E-state index is 12.6. The maximum Gasteiger partial charge on any atom is 0.404 e. The number of pyridine rings is 1. The van der Waals surface area contributed by atoms with E-state index < -0.39 is 17.6 Å². The SMILES string of the molecule is O=C(O)NCCCCC(=O)NCC(O)(CCc1ccccc1)c1nc(C(=O)NCc2ccncc2)co1. The van der Waals surface area contributed by atoms with Crippen molar-refractivity contribution >= 4 is 17.9 Å². The van der Waals surface area contributed by atoms with Gasteiger partial charge >= 0.3 is 6.09 Å². The van der Waals surface area contributed by atoms with Crippen LogP contribution in [0, 0.1) is 0 Å². The summed E-state index contributed by atoms with van der Waals surface area (Å²) in [5.41, 5.74) is 0.215. The Morgan fingerprint density at radius 1 is 0.946 bits per heavy atom. The summed E-state index contributed by atoms with van der Waals surface area (Å²) >= 11 is 0. The zero-order chi connectivity index (χ0) is 26.5. The van der Waals surface area contributed by atoms with Crippen LogP contribution in [-0.4, -0.2) is 51.2 Å². The summed E-state index contributed by atoms with van der Waals surface area (Å²) in [4.78, 5) is 43.6. The van der Waals surface area contributed by atoms with Crippen LogP contribution in [0.25, 0.3) is 0 Å². The lowest BCUT2D eigenvalue weighted by molar-refractivity contribution is -0.123. The van der Waals surface area contributed by atoms with E-state index in [0.717, 1.165) is 11.1 Å². The largest absolute Gasteiger partial charge is 0.465 e. The number of amides is 3. The summed E-state index contributed by atoms with van der Waals surface area (Å²) in [5, 5.41) is 27.8. The molecule has 0 spiro atoms. The second-order valence-corrected chi connectivity index (χ2v) is 8.56. The fourth-order valence-electron chi connectivity index (χ4n) is 3.57. The fraction of sp³-hybridized carbons (Fsp3) is 0.346. The van der Waals surface area contributed by atoms with Crippen molar-refractivity contribution in [3.63, 3.8) is 0 Å². The summed E-state index contributed by atoms with van der Waals surface area (Å²) in [5.74, 6) is -0.824. The fourth-order valence-corrected chi connectivity index (χ4v) is 3.57. The van der Waals surface area contributed by atoms with Crippen LogP contribution in [0.2, 0.25) is 0 Å². The van der Waals surface area contributed by atoms with Crippen molar-refractivity contribution < 1.29 is 29.0 Å². The number of carboxylic acid groups (broad SMARTS) is 1. The molecule has 0 radical (unpaired) electrons.